The van der Waals surface area contributed by atoms with Gasteiger partial charge in [-0.15, -0.1) is 0 Å². The van der Waals surface area contributed by atoms with Gasteiger partial charge in [-0.3, -0.25) is 19.3 Å². The summed E-state index contributed by atoms with van der Waals surface area (Å²) in [4.78, 5) is 49.6. The lowest BCUT2D eigenvalue weighted by Gasteiger charge is -2.12. The third-order valence-electron chi connectivity index (χ3n) is 4.01. The fourth-order valence-electron chi connectivity index (χ4n) is 2.54. The van der Waals surface area contributed by atoms with Gasteiger partial charge in [0.05, 0.1) is 22.6 Å². The molecule has 0 bridgehead atoms. The molecule has 0 atom stereocenters. The van der Waals surface area contributed by atoms with E-state index >= 15 is 0 Å². The number of methoxy groups -OCH3 is 1. The summed E-state index contributed by atoms with van der Waals surface area (Å²) in [5.41, 5.74) is 1.44. The Morgan fingerprint density at radius 3 is 2.53 bits per heavy atom. The van der Waals surface area contributed by atoms with Crippen molar-refractivity contribution in [3.8, 4) is 0 Å². The first-order valence-electron chi connectivity index (χ1n) is 8.47. The van der Waals surface area contributed by atoms with Crippen LogP contribution in [0.5, 0.6) is 0 Å². The minimum Gasteiger partial charge on any atom is -0.465 e. The summed E-state index contributed by atoms with van der Waals surface area (Å²) in [6.07, 6.45) is 1.53. The normalized spacial score (nSPS) is 14.9. The Bertz CT molecular complexity index is 1070. The van der Waals surface area contributed by atoms with Crippen molar-refractivity contribution in [3.63, 3.8) is 0 Å². The van der Waals surface area contributed by atoms with Crippen LogP contribution in [0, 0.1) is 0 Å². The fraction of sp³-hybridized carbons (Fsp3) is 0.100. The summed E-state index contributed by atoms with van der Waals surface area (Å²) in [6.45, 7) is -0.420. The van der Waals surface area contributed by atoms with Crippen LogP contribution in [0.2, 0.25) is 5.02 Å². The summed E-state index contributed by atoms with van der Waals surface area (Å²) >= 11 is 9.99. The van der Waals surface area contributed by atoms with Gasteiger partial charge in [0.1, 0.15) is 6.54 Å². The maximum atomic E-state index is 12.6. The van der Waals surface area contributed by atoms with E-state index in [4.69, 9.17) is 11.6 Å². The fourth-order valence-corrected chi connectivity index (χ4v) is 3.80. The Morgan fingerprint density at radius 1 is 1.20 bits per heavy atom. The van der Waals surface area contributed by atoms with Crippen molar-refractivity contribution in [2.45, 2.75) is 0 Å². The zero-order valence-corrected chi connectivity index (χ0v) is 18.6. The number of nitrogens with one attached hydrogen (secondary N) is 1. The molecule has 3 amide bonds. The van der Waals surface area contributed by atoms with E-state index in [0.29, 0.717) is 26.3 Å². The molecule has 154 valence electrons. The second-order valence-corrected chi connectivity index (χ2v) is 8.31. The summed E-state index contributed by atoms with van der Waals surface area (Å²) in [7, 11) is 1.29. The van der Waals surface area contributed by atoms with E-state index in [2.05, 4.69) is 26.0 Å². The van der Waals surface area contributed by atoms with Gasteiger partial charge in [-0.25, -0.2) is 4.79 Å². The largest absolute Gasteiger partial charge is 0.465 e. The molecule has 7 nitrogen and oxygen atoms in total. The molecule has 1 heterocycles. The van der Waals surface area contributed by atoms with Gasteiger partial charge in [-0.1, -0.05) is 23.7 Å². The Morgan fingerprint density at radius 2 is 1.90 bits per heavy atom. The number of rotatable bonds is 5. The van der Waals surface area contributed by atoms with Crippen molar-refractivity contribution >= 4 is 74.1 Å². The Labute approximate surface area is 189 Å². The second-order valence-electron chi connectivity index (χ2n) is 6.06. The van der Waals surface area contributed by atoms with E-state index in [1.54, 1.807) is 42.5 Å². The third kappa shape index (κ3) is 5.10. The lowest BCUT2D eigenvalue weighted by atomic mass is 10.1. The molecule has 0 saturated carbocycles. The van der Waals surface area contributed by atoms with Gasteiger partial charge in [-0.2, -0.15) is 0 Å². The molecule has 1 aliphatic heterocycles. The number of ether oxygens (including phenoxy) is 1. The van der Waals surface area contributed by atoms with Gasteiger partial charge >= 0.3 is 5.97 Å². The average molecular weight is 510 g/mol. The first-order chi connectivity index (χ1) is 14.3. The summed E-state index contributed by atoms with van der Waals surface area (Å²) in [5, 5.41) is 2.48. The number of carbonyl (C=O) groups is 4. The van der Waals surface area contributed by atoms with Crippen molar-refractivity contribution in [1.82, 2.24) is 4.90 Å². The Balaban J connectivity index is 1.68. The number of halogens is 2. The molecule has 1 aliphatic rings. The van der Waals surface area contributed by atoms with Gasteiger partial charge in [0.15, 0.2) is 0 Å². The summed E-state index contributed by atoms with van der Waals surface area (Å²) < 4.78 is 5.31. The van der Waals surface area contributed by atoms with Crippen LogP contribution in [0.1, 0.15) is 15.9 Å². The minimum absolute atomic E-state index is 0.185. The van der Waals surface area contributed by atoms with Gasteiger partial charge in [0, 0.05) is 10.2 Å². The van der Waals surface area contributed by atoms with Crippen LogP contribution in [0.3, 0.4) is 0 Å². The Kier molecular flexibility index (Phi) is 6.96. The molecule has 2 aromatic rings. The number of nitrogens with zero attached hydrogens (tertiary/aromatic N) is 1. The highest BCUT2D eigenvalue weighted by molar-refractivity contribution is 9.10. The molecular formula is C20H14BrClN2O5S. The van der Waals surface area contributed by atoms with Crippen molar-refractivity contribution in [1.29, 1.82) is 0 Å². The number of hydrogen-bond acceptors (Lipinski definition) is 6. The van der Waals surface area contributed by atoms with Crippen molar-refractivity contribution < 1.29 is 23.9 Å². The number of esters is 1. The van der Waals surface area contributed by atoms with E-state index in [0.717, 1.165) is 16.7 Å². The molecule has 1 fully saturated rings. The lowest BCUT2D eigenvalue weighted by molar-refractivity contribution is -0.127. The highest BCUT2D eigenvalue weighted by Gasteiger charge is 2.36. The quantitative estimate of drug-likeness (QED) is 0.469. The minimum atomic E-state index is -0.564. The maximum absolute atomic E-state index is 12.6. The molecule has 0 spiro atoms. The predicted molar refractivity (Wildman–Crippen MR) is 118 cm³/mol. The highest BCUT2D eigenvalue weighted by Crippen LogP contribution is 2.32. The molecule has 1 N–H and O–H groups in total. The van der Waals surface area contributed by atoms with Gasteiger partial charge in [-0.05, 0) is 69.7 Å². The van der Waals surface area contributed by atoms with Crippen LogP contribution in [0.25, 0.3) is 6.08 Å². The summed E-state index contributed by atoms with van der Waals surface area (Å²) in [5.74, 6) is -1.56. The molecule has 2 aromatic carbocycles. The molecule has 0 radical (unpaired) electrons. The van der Waals surface area contributed by atoms with E-state index in [1.807, 2.05) is 0 Å². The smallest absolute Gasteiger partial charge is 0.337 e. The molecule has 0 aromatic heterocycles. The van der Waals surface area contributed by atoms with Gasteiger partial charge in [0.2, 0.25) is 5.91 Å². The van der Waals surface area contributed by atoms with Crippen LogP contribution >= 0.6 is 39.3 Å². The molecule has 3 rings (SSSR count). The molecular weight excluding hydrogens is 496 g/mol. The third-order valence-corrected chi connectivity index (χ3v) is 6.15. The lowest BCUT2D eigenvalue weighted by Crippen LogP contribution is -2.36. The monoisotopic (exact) mass is 508 g/mol. The first-order valence-corrected chi connectivity index (χ1v) is 10.5. The zero-order valence-electron chi connectivity index (χ0n) is 15.5. The molecule has 10 heteroatoms. The molecule has 30 heavy (non-hydrogen) atoms. The molecule has 0 unspecified atom stereocenters. The van der Waals surface area contributed by atoms with E-state index < -0.39 is 29.6 Å². The van der Waals surface area contributed by atoms with Crippen LogP contribution in [-0.4, -0.2) is 41.6 Å². The van der Waals surface area contributed by atoms with Crippen LogP contribution < -0.4 is 5.32 Å². The predicted octanol–water partition coefficient (Wildman–Crippen LogP) is 4.56. The zero-order chi connectivity index (χ0) is 21.8. The van der Waals surface area contributed by atoms with Crippen molar-refractivity contribution in [2.75, 3.05) is 19.0 Å². The van der Waals surface area contributed by atoms with Crippen LogP contribution in [0.15, 0.2) is 51.8 Å². The summed E-state index contributed by atoms with van der Waals surface area (Å²) in [6, 6.07) is 11.2. The number of thioether (sulfide) groups is 1. The number of amides is 3. The van der Waals surface area contributed by atoms with Crippen LogP contribution in [-0.2, 0) is 14.3 Å². The number of hydrogen-bond donors (Lipinski definition) is 1. The van der Waals surface area contributed by atoms with Crippen molar-refractivity contribution in [3.05, 3.63) is 68.0 Å². The van der Waals surface area contributed by atoms with Crippen LogP contribution in [0.4, 0.5) is 10.5 Å². The number of carbonyl (C=O) groups excluding carboxylic acids is 4. The standard InChI is InChI=1S/C20H14BrClN2O5S/c1-29-19(27)12-4-2-11(3-5-12)8-16-18(26)24(20(28)30-16)10-17(25)23-13-6-7-14(21)15(22)9-13/h2-9H,10H2,1H3,(H,23,25)/b16-8+. The SMILES string of the molecule is COC(=O)c1ccc(/C=C2/SC(=O)N(CC(=O)Nc3ccc(Br)c(Cl)c3)C2=O)cc1. The average Bonchev–Trinajstić information content (AvgIpc) is 2.98. The van der Waals surface area contributed by atoms with Crippen molar-refractivity contribution in [2.24, 2.45) is 0 Å². The highest BCUT2D eigenvalue weighted by atomic mass is 79.9. The number of benzene rings is 2. The topological polar surface area (TPSA) is 92.8 Å². The van der Waals surface area contributed by atoms with E-state index in [-0.39, 0.29) is 4.91 Å². The van der Waals surface area contributed by atoms with E-state index in [1.165, 1.54) is 13.2 Å². The molecule has 0 aliphatic carbocycles. The van der Waals surface area contributed by atoms with Gasteiger partial charge < -0.3 is 10.1 Å². The van der Waals surface area contributed by atoms with Gasteiger partial charge in [0.25, 0.3) is 11.1 Å². The number of anilines is 1. The van der Waals surface area contributed by atoms with E-state index in [9.17, 15) is 19.2 Å². The second kappa shape index (κ2) is 9.46. The molecule has 1 saturated heterocycles. The Hall–Kier alpha value is -2.62. The maximum Gasteiger partial charge on any atom is 0.337 e. The number of imide groups is 1. The first kappa shape index (κ1) is 22.1.